The Hall–Kier alpha value is -4.07. The summed E-state index contributed by atoms with van der Waals surface area (Å²) >= 11 is 0. The van der Waals surface area contributed by atoms with Crippen LogP contribution in [0.25, 0.3) is 0 Å². The van der Waals surface area contributed by atoms with Crippen molar-refractivity contribution in [3.8, 4) is 17.2 Å². The van der Waals surface area contributed by atoms with Crippen LogP contribution in [-0.4, -0.2) is 32.1 Å². The van der Waals surface area contributed by atoms with E-state index in [1.807, 2.05) is 0 Å². The molecule has 1 aromatic heterocycles. The third-order valence-electron chi connectivity index (χ3n) is 3.63. The minimum Gasteiger partial charge on any atom is -0.504 e. The van der Waals surface area contributed by atoms with Gasteiger partial charge in [-0.3, -0.25) is 14.6 Å². The highest BCUT2D eigenvalue weighted by molar-refractivity contribution is 6.06. The number of anilines is 2. The van der Waals surface area contributed by atoms with Crippen molar-refractivity contribution in [1.29, 1.82) is 0 Å². The monoisotopic (exact) mass is 365 g/mol. The molecule has 0 saturated heterocycles. The Morgan fingerprint density at radius 1 is 0.778 bits per heavy atom. The van der Waals surface area contributed by atoms with Crippen LogP contribution in [-0.2, 0) is 0 Å². The number of rotatable bonds is 4. The average molecular weight is 365 g/mol. The van der Waals surface area contributed by atoms with Crippen LogP contribution in [0, 0.1) is 0 Å². The summed E-state index contributed by atoms with van der Waals surface area (Å²) in [4.78, 5) is 28.3. The van der Waals surface area contributed by atoms with Crippen molar-refractivity contribution in [1.82, 2.24) is 4.98 Å². The molecule has 27 heavy (non-hydrogen) atoms. The number of carbonyl (C=O) groups excluding carboxylic acids is 2. The van der Waals surface area contributed by atoms with E-state index in [1.165, 1.54) is 6.20 Å². The zero-order chi connectivity index (χ0) is 19.4. The molecule has 8 heteroatoms. The molecule has 3 rings (SSSR count). The molecule has 5 N–H and O–H groups in total. The van der Waals surface area contributed by atoms with Gasteiger partial charge in [-0.05, 0) is 42.5 Å². The lowest BCUT2D eigenvalue weighted by Gasteiger charge is -2.10. The SMILES string of the molecule is O=C(Nc1cccc(NC(=O)c2cc(O)c(O)c(O)c2)c1)c1cccnc1. The maximum Gasteiger partial charge on any atom is 0.257 e. The second-order valence-electron chi connectivity index (χ2n) is 5.59. The van der Waals surface area contributed by atoms with Gasteiger partial charge in [0.05, 0.1) is 5.56 Å². The predicted octanol–water partition coefficient (Wildman–Crippen LogP) is 2.70. The molecule has 0 bridgehead atoms. The van der Waals surface area contributed by atoms with Crippen LogP contribution in [0.2, 0.25) is 0 Å². The molecule has 0 saturated carbocycles. The van der Waals surface area contributed by atoms with Gasteiger partial charge >= 0.3 is 0 Å². The second kappa shape index (κ2) is 7.44. The highest BCUT2D eigenvalue weighted by atomic mass is 16.3. The number of phenolic OH excluding ortho intramolecular Hbond substituents is 3. The Labute approximate surface area is 153 Å². The van der Waals surface area contributed by atoms with Crippen molar-refractivity contribution in [3.63, 3.8) is 0 Å². The number of amides is 2. The molecule has 0 aliphatic heterocycles. The molecule has 0 fully saturated rings. The summed E-state index contributed by atoms with van der Waals surface area (Å²) in [5, 5.41) is 33.6. The number of hydrogen-bond acceptors (Lipinski definition) is 6. The Morgan fingerprint density at radius 3 is 1.93 bits per heavy atom. The number of hydrogen-bond donors (Lipinski definition) is 5. The number of phenols is 3. The maximum absolute atomic E-state index is 12.3. The van der Waals surface area contributed by atoms with Crippen LogP contribution in [0.5, 0.6) is 17.2 Å². The van der Waals surface area contributed by atoms with E-state index < -0.39 is 23.2 Å². The van der Waals surface area contributed by atoms with E-state index in [0.717, 1.165) is 12.1 Å². The van der Waals surface area contributed by atoms with Crippen molar-refractivity contribution in [3.05, 3.63) is 72.1 Å². The smallest absolute Gasteiger partial charge is 0.257 e. The van der Waals surface area contributed by atoms with Gasteiger partial charge in [0.1, 0.15) is 0 Å². The van der Waals surface area contributed by atoms with E-state index >= 15 is 0 Å². The summed E-state index contributed by atoms with van der Waals surface area (Å²) in [6.07, 6.45) is 3.00. The van der Waals surface area contributed by atoms with E-state index in [9.17, 15) is 24.9 Å². The van der Waals surface area contributed by atoms with Crippen LogP contribution >= 0.6 is 0 Å². The summed E-state index contributed by atoms with van der Waals surface area (Å²) in [5.74, 6) is -2.89. The summed E-state index contributed by atoms with van der Waals surface area (Å²) < 4.78 is 0. The standard InChI is InChI=1S/C19H15N3O5/c23-15-7-12(8-16(24)17(15)25)19(27)22-14-5-1-4-13(9-14)21-18(26)11-3-2-6-20-10-11/h1-10,23-25H,(H,21,26)(H,22,27). The van der Waals surface area contributed by atoms with Gasteiger partial charge < -0.3 is 26.0 Å². The van der Waals surface area contributed by atoms with E-state index in [4.69, 9.17) is 0 Å². The van der Waals surface area contributed by atoms with E-state index in [0.29, 0.717) is 16.9 Å². The zero-order valence-electron chi connectivity index (χ0n) is 13.9. The maximum atomic E-state index is 12.3. The molecular weight excluding hydrogens is 350 g/mol. The molecule has 8 nitrogen and oxygen atoms in total. The first-order valence-corrected chi connectivity index (χ1v) is 7.82. The molecule has 0 unspecified atom stereocenters. The van der Waals surface area contributed by atoms with E-state index in [1.54, 1.807) is 42.6 Å². The van der Waals surface area contributed by atoms with Crippen molar-refractivity contribution in [2.24, 2.45) is 0 Å². The Morgan fingerprint density at radius 2 is 1.37 bits per heavy atom. The summed E-state index contributed by atoms with van der Waals surface area (Å²) in [7, 11) is 0. The summed E-state index contributed by atoms with van der Waals surface area (Å²) in [6.45, 7) is 0. The molecule has 2 amide bonds. The van der Waals surface area contributed by atoms with Crippen molar-refractivity contribution in [2.75, 3.05) is 10.6 Å². The normalized spacial score (nSPS) is 10.2. The molecular formula is C19H15N3O5. The Bertz CT molecular complexity index is 982. The minimum absolute atomic E-state index is 0.0485. The van der Waals surface area contributed by atoms with Crippen molar-refractivity contribution in [2.45, 2.75) is 0 Å². The number of nitrogens with zero attached hydrogens (tertiary/aromatic N) is 1. The number of carbonyl (C=O) groups is 2. The fourth-order valence-electron chi connectivity index (χ4n) is 2.31. The molecule has 3 aromatic rings. The molecule has 0 aliphatic rings. The highest BCUT2D eigenvalue weighted by Crippen LogP contribution is 2.35. The number of benzene rings is 2. The highest BCUT2D eigenvalue weighted by Gasteiger charge is 2.14. The molecule has 1 heterocycles. The first kappa shape index (κ1) is 17.7. The number of pyridine rings is 1. The van der Waals surface area contributed by atoms with Crippen LogP contribution < -0.4 is 10.6 Å². The van der Waals surface area contributed by atoms with Crippen molar-refractivity contribution < 1.29 is 24.9 Å². The van der Waals surface area contributed by atoms with E-state index in [-0.39, 0.29) is 11.5 Å². The average Bonchev–Trinajstić information content (AvgIpc) is 2.66. The number of aromatic nitrogens is 1. The van der Waals surface area contributed by atoms with Gasteiger partial charge in [-0.15, -0.1) is 0 Å². The first-order valence-electron chi connectivity index (χ1n) is 7.82. The second-order valence-corrected chi connectivity index (χ2v) is 5.59. The lowest BCUT2D eigenvalue weighted by molar-refractivity contribution is 0.101. The van der Waals surface area contributed by atoms with Crippen LogP contribution in [0.4, 0.5) is 11.4 Å². The minimum atomic E-state index is -0.702. The van der Waals surface area contributed by atoms with Gasteiger partial charge in [0.15, 0.2) is 17.2 Å². The first-order chi connectivity index (χ1) is 12.9. The number of aromatic hydroxyl groups is 3. The van der Waals surface area contributed by atoms with Gasteiger partial charge in [-0.1, -0.05) is 6.07 Å². The molecule has 0 aliphatic carbocycles. The third-order valence-corrected chi connectivity index (χ3v) is 3.63. The van der Waals surface area contributed by atoms with Gasteiger partial charge in [0.25, 0.3) is 11.8 Å². The Kier molecular flexibility index (Phi) is 4.89. The zero-order valence-corrected chi connectivity index (χ0v) is 13.9. The van der Waals surface area contributed by atoms with Crippen LogP contribution in [0.3, 0.4) is 0 Å². The third kappa shape index (κ3) is 4.13. The molecule has 2 aromatic carbocycles. The fraction of sp³-hybridized carbons (Fsp3) is 0. The summed E-state index contributed by atoms with van der Waals surface area (Å²) in [5.41, 5.74) is 1.18. The van der Waals surface area contributed by atoms with Crippen LogP contribution in [0.1, 0.15) is 20.7 Å². The molecule has 136 valence electrons. The lowest BCUT2D eigenvalue weighted by Crippen LogP contribution is -2.14. The molecule has 0 spiro atoms. The van der Waals surface area contributed by atoms with E-state index in [2.05, 4.69) is 15.6 Å². The molecule has 0 radical (unpaired) electrons. The van der Waals surface area contributed by atoms with Gasteiger partial charge in [-0.2, -0.15) is 0 Å². The fourth-order valence-corrected chi connectivity index (χ4v) is 2.31. The van der Waals surface area contributed by atoms with Gasteiger partial charge in [0, 0.05) is 29.3 Å². The van der Waals surface area contributed by atoms with Gasteiger partial charge in [-0.25, -0.2) is 0 Å². The quantitative estimate of drug-likeness (QED) is 0.452. The topological polar surface area (TPSA) is 132 Å². The lowest BCUT2D eigenvalue weighted by atomic mass is 10.1. The number of nitrogens with one attached hydrogen (secondary N) is 2. The predicted molar refractivity (Wildman–Crippen MR) is 98.0 cm³/mol. The van der Waals surface area contributed by atoms with Crippen molar-refractivity contribution >= 4 is 23.2 Å². The summed E-state index contributed by atoms with van der Waals surface area (Å²) in [6, 6.07) is 11.8. The molecule has 0 atom stereocenters. The van der Waals surface area contributed by atoms with Crippen LogP contribution in [0.15, 0.2) is 60.9 Å². The Balaban J connectivity index is 1.74. The van der Waals surface area contributed by atoms with Gasteiger partial charge in [0.2, 0.25) is 0 Å². The largest absolute Gasteiger partial charge is 0.504 e.